The number of rotatable bonds is 4. The second kappa shape index (κ2) is 6.15. The Balaban J connectivity index is 2.11. The average Bonchev–Trinajstić information content (AvgIpc) is 2.82. The molecule has 1 saturated carbocycles. The number of halogens is 2. The van der Waals surface area contributed by atoms with E-state index < -0.39 is 33.7 Å². The molecule has 7 heteroatoms. The standard InChI is InChI=1S/C14H16F2N2O3/c1-8-2-3-9(6-8)7-17-14(19)12-10(15)4-5-11(13(12)16)18(20)21/h4-5,8-9H,2-3,6-7H2,1H3,(H,17,19). The zero-order valence-corrected chi connectivity index (χ0v) is 11.6. The molecular formula is C14H16F2N2O3. The quantitative estimate of drug-likeness (QED) is 0.686. The number of hydrogen-bond donors (Lipinski definition) is 1. The molecule has 1 aromatic rings. The number of hydrogen-bond acceptors (Lipinski definition) is 3. The summed E-state index contributed by atoms with van der Waals surface area (Å²) in [7, 11) is 0. The number of benzene rings is 1. The molecule has 0 heterocycles. The lowest BCUT2D eigenvalue weighted by Crippen LogP contribution is -2.30. The van der Waals surface area contributed by atoms with E-state index in [0.717, 1.165) is 25.3 Å². The van der Waals surface area contributed by atoms with E-state index in [-0.39, 0.29) is 5.92 Å². The number of nitro groups is 1. The fraction of sp³-hybridized carbons (Fsp3) is 0.500. The lowest BCUT2D eigenvalue weighted by Gasteiger charge is -2.12. The van der Waals surface area contributed by atoms with Gasteiger partial charge in [-0.25, -0.2) is 4.39 Å². The molecular weight excluding hydrogens is 282 g/mol. The van der Waals surface area contributed by atoms with Crippen molar-refractivity contribution in [1.29, 1.82) is 0 Å². The maximum Gasteiger partial charge on any atom is 0.305 e. The molecule has 0 aliphatic heterocycles. The van der Waals surface area contributed by atoms with Crippen LogP contribution in [-0.2, 0) is 0 Å². The van der Waals surface area contributed by atoms with Gasteiger partial charge in [0.15, 0.2) is 0 Å². The maximum atomic E-state index is 13.9. The predicted molar refractivity (Wildman–Crippen MR) is 71.9 cm³/mol. The fourth-order valence-corrected chi connectivity index (χ4v) is 2.73. The molecule has 2 unspecified atom stereocenters. The Morgan fingerprint density at radius 2 is 2.14 bits per heavy atom. The topological polar surface area (TPSA) is 72.2 Å². The van der Waals surface area contributed by atoms with Gasteiger partial charge in [0.25, 0.3) is 5.91 Å². The summed E-state index contributed by atoms with van der Waals surface area (Å²) in [4.78, 5) is 21.5. The zero-order valence-electron chi connectivity index (χ0n) is 11.6. The van der Waals surface area contributed by atoms with Crippen LogP contribution >= 0.6 is 0 Å². The zero-order chi connectivity index (χ0) is 15.6. The molecule has 0 aromatic heterocycles. The number of nitrogens with zero attached hydrogens (tertiary/aromatic N) is 1. The molecule has 0 radical (unpaired) electrons. The Bertz CT molecular complexity index is 578. The minimum Gasteiger partial charge on any atom is -0.352 e. The minimum atomic E-state index is -1.43. The smallest absolute Gasteiger partial charge is 0.305 e. The summed E-state index contributed by atoms with van der Waals surface area (Å²) in [6, 6.07) is 1.44. The SMILES string of the molecule is CC1CCC(CNC(=O)c2c(F)ccc([N+](=O)[O-])c2F)C1. The summed E-state index contributed by atoms with van der Waals surface area (Å²) in [5.74, 6) is -2.62. The van der Waals surface area contributed by atoms with E-state index in [0.29, 0.717) is 18.5 Å². The van der Waals surface area contributed by atoms with Crippen LogP contribution in [0.25, 0.3) is 0 Å². The first-order valence-corrected chi connectivity index (χ1v) is 6.80. The first kappa shape index (κ1) is 15.3. The molecule has 1 fully saturated rings. The molecule has 2 atom stereocenters. The Morgan fingerprint density at radius 1 is 1.43 bits per heavy atom. The van der Waals surface area contributed by atoms with Crippen LogP contribution in [0.15, 0.2) is 12.1 Å². The van der Waals surface area contributed by atoms with E-state index in [1.165, 1.54) is 0 Å². The maximum absolute atomic E-state index is 13.9. The lowest BCUT2D eigenvalue weighted by molar-refractivity contribution is -0.387. The predicted octanol–water partition coefficient (Wildman–Crippen LogP) is 3.04. The molecule has 1 aliphatic carbocycles. The van der Waals surface area contributed by atoms with E-state index in [2.05, 4.69) is 12.2 Å². The second-order valence-corrected chi connectivity index (χ2v) is 5.51. The van der Waals surface area contributed by atoms with Crippen LogP contribution in [0, 0.1) is 33.6 Å². The normalized spacial score (nSPS) is 21.3. The van der Waals surface area contributed by atoms with Crippen LogP contribution in [0.5, 0.6) is 0 Å². The van der Waals surface area contributed by atoms with Crippen molar-refractivity contribution >= 4 is 11.6 Å². The number of amides is 1. The number of nitrogens with one attached hydrogen (secondary N) is 1. The van der Waals surface area contributed by atoms with Gasteiger partial charge in [0.1, 0.15) is 11.4 Å². The molecule has 5 nitrogen and oxygen atoms in total. The average molecular weight is 298 g/mol. The van der Waals surface area contributed by atoms with E-state index in [9.17, 15) is 23.7 Å². The van der Waals surface area contributed by atoms with Crippen LogP contribution in [0.3, 0.4) is 0 Å². The van der Waals surface area contributed by atoms with E-state index in [1.807, 2.05) is 0 Å². The van der Waals surface area contributed by atoms with Crippen molar-refractivity contribution < 1.29 is 18.5 Å². The van der Waals surface area contributed by atoms with Crippen molar-refractivity contribution in [3.05, 3.63) is 39.4 Å². The third-order valence-corrected chi connectivity index (χ3v) is 3.85. The summed E-state index contributed by atoms with van der Waals surface area (Å²) in [6.45, 7) is 2.44. The van der Waals surface area contributed by atoms with Gasteiger partial charge in [0.05, 0.1) is 4.92 Å². The van der Waals surface area contributed by atoms with Crippen LogP contribution in [0.4, 0.5) is 14.5 Å². The lowest BCUT2D eigenvalue weighted by atomic mass is 10.1. The third kappa shape index (κ3) is 3.34. The Labute approximate surface area is 120 Å². The van der Waals surface area contributed by atoms with Crippen molar-refractivity contribution in [2.24, 2.45) is 11.8 Å². The highest BCUT2D eigenvalue weighted by atomic mass is 19.1. The van der Waals surface area contributed by atoms with Gasteiger partial charge in [-0.1, -0.05) is 13.3 Å². The van der Waals surface area contributed by atoms with Crippen molar-refractivity contribution in [2.45, 2.75) is 26.2 Å². The third-order valence-electron chi connectivity index (χ3n) is 3.85. The largest absolute Gasteiger partial charge is 0.352 e. The van der Waals surface area contributed by atoms with Crippen LogP contribution in [0.1, 0.15) is 36.5 Å². The first-order valence-electron chi connectivity index (χ1n) is 6.80. The van der Waals surface area contributed by atoms with Gasteiger partial charge in [0.2, 0.25) is 5.82 Å². The molecule has 114 valence electrons. The molecule has 1 amide bonds. The van der Waals surface area contributed by atoms with Gasteiger partial charge in [-0.05, 0) is 30.7 Å². The molecule has 0 saturated heterocycles. The summed E-state index contributed by atoms with van der Waals surface area (Å²) in [5.41, 5.74) is -1.80. The Hall–Kier alpha value is -2.05. The van der Waals surface area contributed by atoms with E-state index in [4.69, 9.17) is 0 Å². The molecule has 1 aliphatic rings. The Morgan fingerprint density at radius 3 is 2.71 bits per heavy atom. The molecule has 2 rings (SSSR count). The van der Waals surface area contributed by atoms with Crippen molar-refractivity contribution in [2.75, 3.05) is 6.54 Å². The monoisotopic (exact) mass is 298 g/mol. The Kier molecular flexibility index (Phi) is 4.50. The van der Waals surface area contributed by atoms with Gasteiger partial charge in [-0.15, -0.1) is 0 Å². The van der Waals surface area contributed by atoms with Gasteiger partial charge in [-0.3, -0.25) is 14.9 Å². The van der Waals surface area contributed by atoms with Crippen LogP contribution in [-0.4, -0.2) is 17.4 Å². The molecule has 1 N–H and O–H groups in total. The van der Waals surface area contributed by atoms with Gasteiger partial charge >= 0.3 is 5.69 Å². The summed E-state index contributed by atoms with van der Waals surface area (Å²) < 4.78 is 27.4. The summed E-state index contributed by atoms with van der Waals surface area (Å²) in [5, 5.41) is 13.1. The van der Waals surface area contributed by atoms with E-state index in [1.54, 1.807) is 0 Å². The number of nitro benzene ring substituents is 1. The number of carbonyl (C=O) groups is 1. The van der Waals surface area contributed by atoms with Crippen molar-refractivity contribution in [1.82, 2.24) is 5.32 Å². The van der Waals surface area contributed by atoms with Gasteiger partial charge < -0.3 is 5.32 Å². The van der Waals surface area contributed by atoms with Crippen LogP contribution in [0.2, 0.25) is 0 Å². The minimum absolute atomic E-state index is 0.286. The summed E-state index contributed by atoms with van der Waals surface area (Å²) in [6.07, 6.45) is 2.99. The highest BCUT2D eigenvalue weighted by Crippen LogP contribution is 2.30. The fourth-order valence-electron chi connectivity index (χ4n) is 2.73. The summed E-state index contributed by atoms with van der Waals surface area (Å²) >= 11 is 0. The van der Waals surface area contributed by atoms with Crippen LogP contribution < -0.4 is 5.32 Å². The van der Waals surface area contributed by atoms with E-state index >= 15 is 0 Å². The highest BCUT2D eigenvalue weighted by molar-refractivity contribution is 5.95. The molecule has 1 aromatic carbocycles. The molecule has 21 heavy (non-hydrogen) atoms. The van der Waals surface area contributed by atoms with Gasteiger partial charge in [-0.2, -0.15) is 4.39 Å². The first-order chi connectivity index (χ1) is 9.90. The van der Waals surface area contributed by atoms with Crippen molar-refractivity contribution in [3.8, 4) is 0 Å². The highest BCUT2D eigenvalue weighted by Gasteiger charge is 2.27. The van der Waals surface area contributed by atoms with Gasteiger partial charge in [0, 0.05) is 12.6 Å². The molecule has 0 spiro atoms. The second-order valence-electron chi connectivity index (χ2n) is 5.51. The number of carbonyl (C=O) groups excluding carboxylic acids is 1. The van der Waals surface area contributed by atoms with Crippen molar-refractivity contribution in [3.63, 3.8) is 0 Å². The molecule has 0 bridgehead atoms.